The van der Waals surface area contributed by atoms with Gasteiger partial charge in [0, 0.05) is 12.8 Å². The Morgan fingerprint density at radius 1 is 1.30 bits per heavy atom. The monoisotopic (exact) mass is 319 g/mol. The number of methoxy groups -OCH3 is 1. The van der Waals surface area contributed by atoms with Crippen LogP contribution in [0, 0.1) is 0 Å². The van der Waals surface area contributed by atoms with Crippen LogP contribution < -0.4 is 4.90 Å². The highest BCUT2D eigenvalue weighted by Crippen LogP contribution is 2.38. The summed E-state index contributed by atoms with van der Waals surface area (Å²) in [7, 11) is 1.60. The number of aliphatic hydroxyl groups is 1. The highest BCUT2D eigenvalue weighted by molar-refractivity contribution is 5.89. The normalized spacial score (nSPS) is 31.3. The number of benzene rings is 1. The first-order valence-corrected chi connectivity index (χ1v) is 8.28. The molecule has 1 saturated heterocycles. The van der Waals surface area contributed by atoms with E-state index in [4.69, 9.17) is 9.47 Å². The fraction of sp³-hybridized carbons (Fsp3) is 0.611. The fourth-order valence-corrected chi connectivity index (χ4v) is 3.50. The van der Waals surface area contributed by atoms with Gasteiger partial charge in [-0.1, -0.05) is 12.1 Å². The van der Waals surface area contributed by atoms with Gasteiger partial charge in [-0.25, -0.2) is 4.79 Å². The molecule has 1 saturated carbocycles. The predicted octanol–water partition coefficient (Wildman–Crippen LogP) is 3.07. The van der Waals surface area contributed by atoms with E-state index in [0.29, 0.717) is 19.1 Å². The van der Waals surface area contributed by atoms with Crippen LogP contribution in [0.3, 0.4) is 0 Å². The first kappa shape index (κ1) is 16.3. The molecule has 0 aromatic heterocycles. The van der Waals surface area contributed by atoms with Gasteiger partial charge in [-0.05, 0) is 56.2 Å². The molecule has 126 valence electrons. The zero-order valence-corrected chi connectivity index (χ0v) is 13.8. The number of carbonyl (C=O) groups excluding carboxylic acids is 1. The molecule has 1 aromatic rings. The van der Waals surface area contributed by atoms with Crippen LogP contribution in [0.1, 0.15) is 44.1 Å². The third-order valence-corrected chi connectivity index (χ3v) is 4.97. The Hall–Kier alpha value is -1.59. The van der Waals surface area contributed by atoms with E-state index < -0.39 is 5.60 Å². The first-order valence-electron chi connectivity index (χ1n) is 8.28. The number of amides is 1. The minimum atomic E-state index is -0.508. The minimum absolute atomic E-state index is 0.201. The summed E-state index contributed by atoms with van der Waals surface area (Å²) < 4.78 is 10.3. The third-order valence-electron chi connectivity index (χ3n) is 4.97. The maximum atomic E-state index is 11.9. The van der Waals surface area contributed by atoms with Gasteiger partial charge in [-0.2, -0.15) is 0 Å². The van der Waals surface area contributed by atoms with Crippen LogP contribution in [-0.2, 0) is 9.47 Å². The molecule has 1 N–H and O–H groups in total. The highest BCUT2D eigenvalue weighted by atomic mass is 16.6. The summed E-state index contributed by atoms with van der Waals surface area (Å²) in [5, 5.41) is 10.1. The molecule has 2 fully saturated rings. The molecule has 0 unspecified atom stereocenters. The van der Waals surface area contributed by atoms with Gasteiger partial charge in [-0.15, -0.1) is 0 Å². The lowest BCUT2D eigenvalue weighted by atomic mass is 9.77. The summed E-state index contributed by atoms with van der Waals surface area (Å²) in [5.41, 5.74) is 1.64. The number of rotatable bonds is 4. The Kier molecular flexibility index (Phi) is 4.60. The molecule has 0 spiro atoms. The van der Waals surface area contributed by atoms with Gasteiger partial charge in [0.15, 0.2) is 0 Å². The Morgan fingerprint density at radius 2 is 1.96 bits per heavy atom. The van der Waals surface area contributed by atoms with E-state index in [-0.39, 0.29) is 12.2 Å². The molecular weight excluding hydrogens is 294 g/mol. The predicted molar refractivity (Wildman–Crippen MR) is 87.8 cm³/mol. The Balaban J connectivity index is 1.65. The van der Waals surface area contributed by atoms with Crippen molar-refractivity contribution in [3.8, 4) is 0 Å². The molecule has 2 aliphatic rings. The van der Waals surface area contributed by atoms with E-state index in [0.717, 1.165) is 31.4 Å². The van der Waals surface area contributed by atoms with Crippen LogP contribution in [0.15, 0.2) is 24.3 Å². The molecule has 1 amide bonds. The second-order valence-corrected chi connectivity index (χ2v) is 6.93. The molecule has 1 atom stereocenters. The lowest BCUT2D eigenvalue weighted by molar-refractivity contribution is 0.0172. The van der Waals surface area contributed by atoms with Gasteiger partial charge in [0.1, 0.15) is 6.10 Å². The first-order chi connectivity index (χ1) is 11.0. The second-order valence-electron chi connectivity index (χ2n) is 6.93. The highest BCUT2D eigenvalue weighted by Gasteiger charge is 2.33. The van der Waals surface area contributed by atoms with Crippen molar-refractivity contribution in [3.63, 3.8) is 0 Å². The largest absolute Gasteiger partial charge is 0.441 e. The molecule has 0 bridgehead atoms. The smallest absolute Gasteiger partial charge is 0.414 e. The number of ether oxygens (including phenoxy) is 2. The van der Waals surface area contributed by atoms with E-state index in [2.05, 4.69) is 12.1 Å². The number of hydrogen-bond donors (Lipinski definition) is 1. The Bertz CT molecular complexity index is 545. The third kappa shape index (κ3) is 3.67. The molecule has 1 aromatic carbocycles. The summed E-state index contributed by atoms with van der Waals surface area (Å²) in [6.45, 7) is 2.86. The molecule has 5 nitrogen and oxygen atoms in total. The zero-order chi connectivity index (χ0) is 16.4. The van der Waals surface area contributed by atoms with Crippen molar-refractivity contribution in [2.45, 2.75) is 50.2 Å². The lowest BCUT2D eigenvalue weighted by Gasteiger charge is -2.33. The standard InChI is InChI=1S/C18H25NO4/c1-18(21)9-7-14(8-10-18)13-3-5-15(6-4-13)19-11-16(12-22-2)23-17(19)20/h3-6,14,16,21H,7-12H2,1-2H3/t14?,16-,18?/m1/s1. The molecule has 3 rings (SSSR count). The van der Waals surface area contributed by atoms with Gasteiger partial charge in [-0.3, -0.25) is 4.90 Å². The summed E-state index contributed by atoms with van der Waals surface area (Å²) in [4.78, 5) is 13.6. The number of anilines is 1. The van der Waals surface area contributed by atoms with Crippen LogP contribution in [0.4, 0.5) is 10.5 Å². The van der Waals surface area contributed by atoms with Crippen molar-refractivity contribution in [1.29, 1.82) is 0 Å². The number of carbonyl (C=O) groups is 1. The average molecular weight is 319 g/mol. The van der Waals surface area contributed by atoms with Gasteiger partial charge >= 0.3 is 6.09 Å². The van der Waals surface area contributed by atoms with Gasteiger partial charge < -0.3 is 14.6 Å². The van der Waals surface area contributed by atoms with Gasteiger partial charge in [0.2, 0.25) is 0 Å². The van der Waals surface area contributed by atoms with Crippen molar-refractivity contribution in [2.24, 2.45) is 0 Å². The second kappa shape index (κ2) is 6.49. The van der Waals surface area contributed by atoms with E-state index >= 15 is 0 Å². The molecule has 23 heavy (non-hydrogen) atoms. The number of cyclic esters (lactones) is 1. The quantitative estimate of drug-likeness (QED) is 0.926. The van der Waals surface area contributed by atoms with Crippen LogP contribution in [0.2, 0.25) is 0 Å². The SMILES string of the molecule is COC[C@H]1CN(c2ccc(C3CCC(C)(O)CC3)cc2)C(=O)O1. The van der Waals surface area contributed by atoms with E-state index in [9.17, 15) is 9.90 Å². The summed E-state index contributed by atoms with van der Waals surface area (Å²) in [6, 6.07) is 8.16. The Morgan fingerprint density at radius 3 is 2.57 bits per heavy atom. The van der Waals surface area contributed by atoms with Gasteiger partial charge in [0.25, 0.3) is 0 Å². The van der Waals surface area contributed by atoms with Crippen LogP contribution in [-0.4, -0.2) is 43.2 Å². The number of nitrogens with zero attached hydrogens (tertiary/aromatic N) is 1. The van der Waals surface area contributed by atoms with Crippen molar-refractivity contribution in [2.75, 3.05) is 25.2 Å². The topological polar surface area (TPSA) is 59.0 Å². The Labute approximate surface area is 137 Å². The van der Waals surface area contributed by atoms with Crippen molar-refractivity contribution < 1.29 is 19.4 Å². The minimum Gasteiger partial charge on any atom is -0.441 e. The van der Waals surface area contributed by atoms with Crippen LogP contribution in [0.25, 0.3) is 0 Å². The van der Waals surface area contributed by atoms with Crippen LogP contribution in [0.5, 0.6) is 0 Å². The molecule has 1 aliphatic carbocycles. The maximum Gasteiger partial charge on any atom is 0.414 e. The summed E-state index contributed by atoms with van der Waals surface area (Å²) in [6.07, 6.45) is 3.19. The van der Waals surface area contributed by atoms with Crippen LogP contribution >= 0.6 is 0 Å². The van der Waals surface area contributed by atoms with Crippen molar-refractivity contribution >= 4 is 11.8 Å². The van der Waals surface area contributed by atoms with Crippen molar-refractivity contribution in [3.05, 3.63) is 29.8 Å². The van der Waals surface area contributed by atoms with E-state index in [1.54, 1.807) is 12.0 Å². The van der Waals surface area contributed by atoms with E-state index in [1.807, 2.05) is 19.1 Å². The maximum absolute atomic E-state index is 11.9. The number of hydrogen-bond acceptors (Lipinski definition) is 4. The molecule has 5 heteroatoms. The molecule has 1 aliphatic heterocycles. The van der Waals surface area contributed by atoms with Gasteiger partial charge in [0.05, 0.1) is 18.8 Å². The zero-order valence-electron chi connectivity index (χ0n) is 13.8. The van der Waals surface area contributed by atoms with Crippen molar-refractivity contribution in [1.82, 2.24) is 0 Å². The summed E-state index contributed by atoms with van der Waals surface area (Å²) >= 11 is 0. The molecule has 0 radical (unpaired) electrons. The fourth-order valence-electron chi connectivity index (χ4n) is 3.50. The lowest BCUT2D eigenvalue weighted by Crippen LogP contribution is -2.29. The van der Waals surface area contributed by atoms with E-state index in [1.165, 1.54) is 5.56 Å². The average Bonchev–Trinajstić information content (AvgIpc) is 2.89. The molecular formula is C18H25NO4. The summed E-state index contributed by atoms with van der Waals surface area (Å²) in [5.74, 6) is 0.496. The molecule has 1 heterocycles.